The van der Waals surface area contributed by atoms with Gasteiger partial charge in [0.25, 0.3) is 0 Å². The molecule has 0 amide bonds. The number of aliphatic carboxylic acids is 1. The maximum absolute atomic E-state index is 12.0. The Morgan fingerprint density at radius 1 is 1.17 bits per heavy atom. The van der Waals surface area contributed by atoms with E-state index in [2.05, 4.69) is 13.5 Å². The Labute approximate surface area is 169 Å². The zero-order valence-corrected chi connectivity index (χ0v) is 17.5. The zero-order chi connectivity index (χ0) is 16.7. The molecule has 4 saturated carbocycles. The molecule has 24 heavy (non-hydrogen) atoms. The second-order valence-corrected chi connectivity index (χ2v) is 9.62. The van der Waals surface area contributed by atoms with Crippen LogP contribution in [0.1, 0.15) is 73.1 Å². The van der Waals surface area contributed by atoms with E-state index in [0.29, 0.717) is 5.92 Å². The first-order valence-electron chi connectivity index (χ1n) is 9.30. The average Bonchev–Trinajstić information content (AvgIpc) is 2.63. The molecule has 0 aromatic heterocycles. The molecule has 130 valence electrons. The summed E-state index contributed by atoms with van der Waals surface area (Å²) in [7, 11) is 0. The molecule has 3 nitrogen and oxygen atoms in total. The van der Waals surface area contributed by atoms with Gasteiger partial charge < -0.3 is 11.6 Å². The molecule has 0 aliphatic heterocycles. The number of carbonyl (C=O) groups is 1. The van der Waals surface area contributed by atoms with Gasteiger partial charge >= 0.3 is 35.5 Å². The minimum Gasteiger partial charge on any atom is -1.00 e. The van der Waals surface area contributed by atoms with Gasteiger partial charge in [-0.1, -0.05) is 19.9 Å². The van der Waals surface area contributed by atoms with E-state index in [0.717, 1.165) is 63.4 Å². The van der Waals surface area contributed by atoms with Crippen molar-refractivity contribution in [2.24, 2.45) is 28.1 Å². The summed E-state index contributed by atoms with van der Waals surface area (Å²) in [5, 5.41) is 20.8. The minimum atomic E-state index is -0.634. The van der Waals surface area contributed by atoms with E-state index in [4.69, 9.17) is 0 Å². The molecule has 4 aliphatic carbocycles. The van der Waals surface area contributed by atoms with Crippen LogP contribution in [-0.2, 0) is 4.79 Å². The predicted molar refractivity (Wildman–Crippen MR) is 90.0 cm³/mol. The molecule has 4 rings (SSSR count). The van der Waals surface area contributed by atoms with Crippen LogP contribution in [0, 0.1) is 28.1 Å². The Morgan fingerprint density at radius 3 is 2.50 bits per heavy atom. The standard InChI is InChI=1S/C20H30O3.Na.H/c1-13-11-19-9-5-14-17(2,7-4-8-18(14,3)16(21)22)15(19)6-10-20(13,23)12-19;;/h14-15,23H,1,4-12H2,2-3H3,(H,21,22);;/q;+1;-1/t14-,15-,17+,18+,19+,20-;;/m0../s1. The molecule has 6 atom stereocenters. The summed E-state index contributed by atoms with van der Waals surface area (Å²) >= 11 is 0. The summed E-state index contributed by atoms with van der Waals surface area (Å²) < 4.78 is 0. The van der Waals surface area contributed by atoms with Crippen molar-refractivity contribution in [3.63, 3.8) is 0 Å². The van der Waals surface area contributed by atoms with E-state index >= 15 is 0 Å². The van der Waals surface area contributed by atoms with Crippen molar-refractivity contribution in [2.45, 2.75) is 77.2 Å². The molecule has 4 heteroatoms. The monoisotopic (exact) mass is 342 g/mol. The molecular formula is C20H31NaO3. The number of aliphatic hydroxyl groups is 1. The topological polar surface area (TPSA) is 57.5 Å². The van der Waals surface area contributed by atoms with Crippen LogP contribution >= 0.6 is 0 Å². The Morgan fingerprint density at radius 2 is 1.83 bits per heavy atom. The van der Waals surface area contributed by atoms with E-state index < -0.39 is 17.0 Å². The van der Waals surface area contributed by atoms with E-state index in [1.807, 2.05) is 6.92 Å². The predicted octanol–water partition coefficient (Wildman–Crippen LogP) is 1.27. The van der Waals surface area contributed by atoms with Crippen LogP contribution < -0.4 is 29.6 Å². The van der Waals surface area contributed by atoms with Gasteiger partial charge in [0.1, 0.15) is 0 Å². The number of hydrogen-bond donors (Lipinski definition) is 2. The molecule has 0 heterocycles. The summed E-state index contributed by atoms with van der Waals surface area (Å²) in [6, 6.07) is 0. The molecule has 2 N–H and O–H groups in total. The molecule has 0 radical (unpaired) electrons. The van der Waals surface area contributed by atoms with Crippen LogP contribution in [0.25, 0.3) is 0 Å². The number of carboxylic acids is 1. The fraction of sp³-hybridized carbons (Fsp3) is 0.850. The van der Waals surface area contributed by atoms with Crippen LogP contribution in [0.3, 0.4) is 0 Å². The van der Waals surface area contributed by atoms with Gasteiger partial charge in [-0.2, -0.15) is 0 Å². The van der Waals surface area contributed by atoms with E-state index in [-0.39, 0.29) is 47.7 Å². The first kappa shape index (κ1) is 18.9. The zero-order valence-electron chi connectivity index (χ0n) is 16.5. The summed E-state index contributed by atoms with van der Waals surface area (Å²) in [5.74, 6) is 0.219. The third-order valence-electron chi connectivity index (χ3n) is 8.65. The fourth-order valence-electron chi connectivity index (χ4n) is 7.61. The molecule has 0 aromatic carbocycles. The van der Waals surface area contributed by atoms with Crippen molar-refractivity contribution >= 4 is 5.97 Å². The molecule has 2 bridgehead atoms. The van der Waals surface area contributed by atoms with Gasteiger partial charge in [-0.3, -0.25) is 4.79 Å². The molecule has 0 aromatic rings. The van der Waals surface area contributed by atoms with Crippen LogP contribution in [0.4, 0.5) is 0 Å². The number of rotatable bonds is 1. The maximum atomic E-state index is 12.0. The third-order valence-corrected chi connectivity index (χ3v) is 8.65. The van der Waals surface area contributed by atoms with Crippen LogP contribution in [0.2, 0.25) is 0 Å². The summed E-state index contributed by atoms with van der Waals surface area (Å²) in [6.45, 7) is 8.55. The maximum Gasteiger partial charge on any atom is 1.00 e. The van der Waals surface area contributed by atoms with Crippen LogP contribution in [0.15, 0.2) is 12.2 Å². The van der Waals surface area contributed by atoms with Crippen molar-refractivity contribution < 1.29 is 46.0 Å². The van der Waals surface area contributed by atoms with Crippen molar-refractivity contribution in [3.8, 4) is 0 Å². The Bertz CT molecular complexity index is 595. The van der Waals surface area contributed by atoms with Crippen molar-refractivity contribution in [1.82, 2.24) is 0 Å². The summed E-state index contributed by atoms with van der Waals surface area (Å²) in [4.78, 5) is 12.0. The minimum absolute atomic E-state index is 0. The second kappa shape index (κ2) is 5.58. The average molecular weight is 342 g/mol. The number of hydrogen-bond acceptors (Lipinski definition) is 2. The largest absolute Gasteiger partial charge is 1.00 e. The first-order chi connectivity index (χ1) is 10.7. The molecule has 0 saturated heterocycles. The van der Waals surface area contributed by atoms with Gasteiger partial charge in [-0.25, -0.2) is 0 Å². The number of carboxylic acid groups (broad SMARTS) is 1. The number of fused-ring (bicyclic) bond motifs is 3. The SMILES string of the molecule is C=C1C[C@@]23CC[C@H]4[C@@](C)(CCC[C@@]4(C)C(=O)O)[C@@H]2CC[C@]1(O)C3.[H-].[Na+]. The Balaban J connectivity index is 0.00000113. The van der Waals surface area contributed by atoms with Gasteiger partial charge in [0.05, 0.1) is 11.0 Å². The quantitative estimate of drug-likeness (QED) is 0.557. The Hall–Kier alpha value is 0.170. The molecule has 0 unspecified atom stereocenters. The van der Waals surface area contributed by atoms with Crippen molar-refractivity contribution in [1.29, 1.82) is 0 Å². The van der Waals surface area contributed by atoms with Gasteiger partial charge in [-0.15, -0.1) is 0 Å². The van der Waals surface area contributed by atoms with Gasteiger partial charge in [0, 0.05) is 0 Å². The van der Waals surface area contributed by atoms with Gasteiger partial charge in [0.15, 0.2) is 0 Å². The van der Waals surface area contributed by atoms with E-state index in [1.165, 1.54) is 0 Å². The summed E-state index contributed by atoms with van der Waals surface area (Å²) in [6.07, 6.45) is 8.75. The van der Waals surface area contributed by atoms with Gasteiger partial charge in [0.2, 0.25) is 0 Å². The molecule has 4 aliphatic rings. The van der Waals surface area contributed by atoms with Crippen LogP contribution in [0.5, 0.6) is 0 Å². The van der Waals surface area contributed by atoms with Crippen LogP contribution in [-0.4, -0.2) is 21.8 Å². The summed E-state index contributed by atoms with van der Waals surface area (Å²) in [5.41, 5.74) is 0.128. The first-order valence-corrected chi connectivity index (χ1v) is 9.30. The molecule has 1 spiro atoms. The molecular weight excluding hydrogens is 311 g/mol. The molecule has 4 fully saturated rings. The van der Waals surface area contributed by atoms with E-state index in [1.54, 1.807) is 0 Å². The van der Waals surface area contributed by atoms with E-state index in [9.17, 15) is 15.0 Å². The fourth-order valence-corrected chi connectivity index (χ4v) is 7.61. The van der Waals surface area contributed by atoms with Gasteiger partial charge in [-0.05, 0) is 86.5 Å². The Kier molecular flexibility index (Phi) is 4.41. The third kappa shape index (κ3) is 2.20. The van der Waals surface area contributed by atoms with Crippen molar-refractivity contribution in [3.05, 3.63) is 12.2 Å². The smallest absolute Gasteiger partial charge is 1.00 e. The second-order valence-electron chi connectivity index (χ2n) is 9.62. The van der Waals surface area contributed by atoms with Crippen molar-refractivity contribution in [2.75, 3.05) is 0 Å². The normalized spacial score (nSPS) is 52.9.